The molecule has 0 bridgehead atoms. The Hall–Kier alpha value is -1.27. The summed E-state index contributed by atoms with van der Waals surface area (Å²) in [6.07, 6.45) is 0.770. The van der Waals surface area contributed by atoms with E-state index < -0.39 is 0 Å². The zero-order valence-electron chi connectivity index (χ0n) is 11.3. The van der Waals surface area contributed by atoms with Crippen molar-refractivity contribution in [3.63, 3.8) is 0 Å². The van der Waals surface area contributed by atoms with Gasteiger partial charge in [0.25, 0.3) is 5.89 Å². The van der Waals surface area contributed by atoms with Crippen molar-refractivity contribution in [2.45, 2.75) is 38.2 Å². The number of aliphatic hydroxyl groups excluding tert-OH is 1. The molecule has 19 heavy (non-hydrogen) atoms. The Balaban J connectivity index is 2.01. The summed E-state index contributed by atoms with van der Waals surface area (Å²) in [7, 11) is 0. The first-order chi connectivity index (χ1) is 9.10. The Morgan fingerprint density at radius 3 is 2.74 bits per heavy atom. The van der Waals surface area contributed by atoms with E-state index in [4.69, 9.17) is 13.9 Å². The van der Waals surface area contributed by atoms with Crippen molar-refractivity contribution in [1.82, 2.24) is 10.2 Å². The van der Waals surface area contributed by atoms with Gasteiger partial charge >= 0.3 is 0 Å². The molecule has 5 nitrogen and oxygen atoms in total. The van der Waals surface area contributed by atoms with Crippen LogP contribution in [0.5, 0.6) is 0 Å². The lowest BCUT2D eigenvalue weighted by atomic mass is 10.2. The van der Waals surface area contributed by atoms with Crippen LogP contribution in [0, 0.1) is 13.8 Å². The second-order valence-corrected chi connectivity index (χ2v) is 5.89. The Kier molecular flexibility index (Phi) is 4.66. The molecule has 2 heterocycles. The molecule has 0 aliphatic heterocycles. The van der Waals surface area contributed by atoms with Gasteiger partial charge < -0.3 is 13.9 Å². The molecular formula is C13H18N2O3S. The lowest BCUT2D eigenvalue weighted by molar-refractivity contribution is 0.289. The maximum absolute atomic E-state index is 8.84. The van der Waals surface area contributed by atoms with Crippen LogP contribution in [0.15, 0.2) is 14.9 Å². The highest BCUT2D eigenvalue weighted by Gasteiger charge is 2.15. The third-order valence-corrected chi connectivity index (χ3v) is 3.98. The summed E-state index contributed by atoms with van der Waals surface area (Å²) in [6, 6.07) is 1.90. The number of aliphatic hydroxyl groups is 1. The molecule has 0 saturated carbocycles. The summed E-state index contributed by atoms with van der Waals surface area (Å²) < 4.78 is 11.1. The van der Waals surface area contributed by atoms with Gasteiger partial charge in [-0.15, -0.1) is 22.0 Å². The van der Waals surface area contributed by atoms with E-state index in [2.05, 4.69) is 17.1 Å². The van der Waals surface area contributed by atoms with Gasteiger partial charge in [0, 0.05) is 11.9 Å². The lowest BCUT2D eigenvalue weighted by Crippen LogP contribution is -1.99. The minimum atomic E-state index is 0.205. The van der Waals surface area contributed by atoms with Crippen LogP contribution in [0.2, 0.25) is 0 Å². The first-order valence-electron chi connectivity index (χ1n) is 6.22. The molecule has 1 atom stereocenters. The van der Waals surface area contributed by atoms with Crippen LogP contribution < -0.4 is 0 Å². The molecule has 0 radical (unpaired) electrons. The summed E-state index contributed by atoms with van der Waals surface area (Å²) in [6.45, 7) is 6.04. The van der Waals surface area contributed by atoms with E-state index in [1.807, 2.05) is 19.9 Å². The van der Waals surface area contributed by atoms with Gasteiger partial charge in [-0.3, -0.25) is 0 Å². The first kappa shape index (κ1) is 14.1. The predicted octanol–water partition coefficient (Wildman–Crippen LogP) is 2.95. The molecule has 0 saturated heterocycles. The molecule has 2 rings (SSSR count). The van der Waals surface area contributed by atoms with Crippen LogP contribution in [0.4, 0.5) is 0 Å². The fraction of sp³-hybridized carbons (Fsp3) is 0.538. The summed E-state index contributed by atoms with van der Waals surface area (Å²) in [5, 5.41) is 17.3. The van der Waals surface area contributed by atoms with Crippen molar-refractivity contribution in [2.24, 2.45) is 0 Å². The smallest absolute Gasteiger partial charge is 0.251 e. The summed E-state index contributed by atoms with van der Waals surface area (Å²) in [4.78, 5) is 0. The summed E-state index contributed by atoms with van der Waals surface area (Å²) in [5.41, 5.74) is 0.852. The quantitative estimate of drug-likeness (QED) is 0.878. The Morgan fingerprint density at radius 2 is 2.11 bits per heavy atom. The van der Waals surface area contributed by atoms with Gasteiger partial charge in [0.05, 0.1) is 11.3 Å². The second kappa shape index (κ2) is 6.25. The number of furan rings is 1. The van der Waals surface area contributed by atoms with Gasteiger partial charge in [-0.1, -0.05) is 6.92 Å². The van der Waals surface area contributed by atoms with Crippen LogP contribution in [-0.2, 0) is 5.75 Å². The zero-order valence-corrected chi connectivity index (χ0v) is 12.2. The van der Waals surface area contributed by atoms with Gasteiger partial charge in [-0.05, 0) is 26.3 Å². The molecular weight excluding hydrogens is 264 g/mol. The number of thioether (sulfide) groups is 1. The fourth-order valence-electron chi connectivity index (χ4n) is 1.74. The summed E-state index contributed by atoms with van der Waals surface area (Å²) >= 11 is 1.69. The highest BCUT2D eigenvalue weighted by molar-refractivity contribution is 7.99. The Bertz CT molecular complexity index is 536. The molecule has 2 aromatic rings. The van der Waals surface area contributed by atoms with E-state index >= 15 is 0 Å². The lowest BCUT2D eigenvalue weighted by Gasteiger charge is -2.06. The third-order valence-electron chi connectivity index (χ3n) is 2.77. The molecule has 0 fully saturated rings. The molecule has 0 aromatic carbocycles. The van der Waals surface area contributed by atoms with Gasteiger partial charge in [-0.25, -0.2) is 0 Å². The van der Waals surface area contributed by atoms with Crippen LogP contribution in [0.3, 0.4) is 0 Å². The van der Waals surface area contributed by atoms with E-state index in [1.165, 1.54) is 0 Å². The van der Waals surface area contributed by atoms with Crippen LogP contribution in [-0.4, -0.2) is 27.2 Å². The van der Waals surface area contributed by atoms with Crippen LogP contribution >= 0.6 is 11.8 Å². The van der Waals surface area contributed by atoms with E-state index in [-0.39, 0.29) is 6.61 Å². The van der Waals surface area contributed by atoms with E-state index in [0.717, 1.165) is 23.5 Å². The predicted molar refractivity (Wildman–Crippen MR) is 73.9 cm³/mol. The largest absolute Gasteiger partial charge is 0.466 e. The zero-order chi connectivity index (χ0) is 13.8. The highest BCUT2D eigenvalue weighted by Crippen LogP contribution is 2.27. The van der Waals surface area contributed by atoms with Crippen LogP contribution in [0.25, 0.3) is 11.5 Å². The monoisotopic (exact) mass is 282 g/mol. The molecule has 0 aliphatic carbocycles. The molecule has 104 valence electrons. The number of aromatic nitrogens is 2. The number of aryl methyl sites for hydroxylation is 2. The molecule has 1 unspecified atom stereocenters. The van der Waals surface area contributed by atoms with Gasteiger partial charge in [0.15, 0.2) is 0 Å². The molecule has 0 aliphatic rings. The van der Waals surface area contributed by atoms with Gasteiger partial charge in [0.1, 0.15) is 11.5 Å². The summed E-state index contributed by atoms with van der Waals surface area (Å²) in [5.74, 6) is 3.37. The second-order valence-electron chi connectivity index (χ2n) is 4.46. The van der Waals surface area contributed by atoms with Crippen molar-refractivity contribution < 1.29 is 13.9 Å². The van der Waals surface area contributed by atoms with Crippen molar-refractivity contribution in [3.8, 4) is 11.5 Å². The van der Waals surface area contributed by atoms with Crippen molar-refractivity contribution in [3.05, 3.63) is 23.5 Å². The maximum atomic E-state index is 8.84. The normalized spacial score (nSPS) is 12.8. The van der Waals surface area contributed by atoms with Crippen LogP contribution in [0.1, 0.15) is 30.8 Å². The van der Waals surface area contributed by atoms with Crippen molar-refractivity contribution in [1.29, 1.82) is 0 Å². The number of nitrogens with zero attached hydrogens (tertiary/aromatic N) is 2. The SMILES string of the molecule is Cc1cc(-c2nnc(CSC(C)CCO)o2)c(C)o1. The average Bonchev–Trinajstić information content (AvgIpc) is 2.93. The fourth-order valence-corrected chi connectivity index (χ4v) is 2.56. The molecule has 0 amide bonds. The maximum Gasteiger partial charge on any atom is 0.251 e. The molecule has 6 heteroatoms. The highest BCUT2D eigenvalue weighted by atomic mass is 32.2. The molecule has 0 spiro atoms. The van der Waals surface area contributed by atoms with Gasteiger partial charge in [-0.2, -0.15) is 0 Å². The standard InChI is InChI=1S/C13H18N2O3S/c1-8-6-11(10(3)17-8)13-15-14-12(18-13)7-19-9(2)4-5-16/h6,9,16H,4-5,7H2,1-3H3. The Morgan fingerprint density at radius 1 is 1.32 bits per heavy atom. The number of rotatable bonds is 6. The number of hydrogen-bond donors (Lipinski definition) is 1. The van der Waals surface area contributed by atoms with Crippen molar-refractivity contribution >= 4 is 11.8 Å². The molecule has 1 N–H and O–H groups in total. The Labute approximate surface area is 116 Å². The minimum absolute atomic E-state index is 0.205. The number of hydrogen-bond acceptors (Lipinski definition) is 6. The van der Waals surface area contributed by atoms with E-state index in [9.17, 15) is 0 Å². The van der Waals surface area contributed by atoms with Crippen molar-refractivity contribution in [2.75, 3.05) is 6.61 Å². The van der Waals surface area contributed by atoms with Gasteiger partial charge in [0.2, 0.25) is 5.89 Å². The van der Waals surface area contributed by atoms with E-state index in [0.29, 0.717) is 22.8 Å². The van der Waals surface area contributed by atoms with E-state index in [1.54, 1.807) is 11.8 Å². The molecule has 2 aromatic heterocycles. The minimum Gasteiger partial charge on any atom is -0.466 e. The third kappa shape index (κ3) is 3.61. The topological polar surface area (TPSA) is 72.3 Å². The average molecular weight is 282 g/mol. The first-order valence-corrected chi connectivity index (χ1v) is 7.27.